The van der Waals surface area contributed by atoms with Gasteiger partial charge in [-0.3, -0.25) is 9.59 Å². The summed E-state index contributed by atoms with van der Waals surface area (Å²) in [6.45, 7) is 2.98. The smallest absolute Gasteiger partial charge is 0.269 e. The molecule has 1 aliphatic heterocycles. The summed E-state index contributed by atoms with van der Waals surface area (Å²) in [5, 5.41) is 2.50. The van der Waals surface area contributed by atoms with Gasteiger partial charge < -0.3 is 5.32 Å². The number of hydrogen-bond donors (Lipinski definition) is 2. The van der Waals surface area contributed by atoms with E-state index in [1.807, 2.05) is 0 Å². The number of anilines is 2. The van der Waals surface area contributed by atoms with Crippen LogP contribution in [0.4, 0.5) is 11.6 Å². The standard InChI is InChI=1S/C21H19N5O6S2/c1-13-11-12-22-21(23-13)25-33(29,30)16-9-7-15(8-10-16)24-19(27)14(2)26-20(28)17-5-3-4-6-18(17)34(26,31)32/h3-12,14H,1-2H3,(H,24,27)(H,22,23,25). The van der Waals surface area contributed by atoms with Crippen molar-refractivity contribution in [2.45, 2.75) is 29.7 Å². The maximum Gasteiger partial charge on any atom is 0.269 e. The van der Waals surface area contributed by atoms with Crippen LogP contribution in [0.5, 0.6) is 0 Å². The number of sulfonamides is 2. The minimum atomic E-state index is -4.17. The normalized spacial score (nSPS) is 15.5. The number of nitrogens with one attached hydrogen (secondary N) is 2. The SMILES string of the molecule is Cc1ccnc(NS(=O)(=O)c2ccc(NC(=O)C(C)N3C(=O)c4ccccc4S3(=O)=O)cc2)n1. The highest BCUT2D eigenvalue weighted by atomic mass is 32.2. The van der Waals surface area contributed by atoms with Crippen molar-refractivity contribution in [1.29, 1.82) is 0 Å². The first-order chi connectivity index (χ1) is 16.0. The number of benzene rings is 2. The number of rotatable bonds is 6. The van der Waals surface area contributed by atoms with Crippen LogP contribution in [-0.2, 0) is 24.8 Å². The molecule has 1 unspecified atom stereocenters. The third kappa shape index (κ3) is 4.22. The Balaban J connectivity index is 1.48. The fourth-order valence-electron chi connectivity index (χ4n) is 3.33. The first-order valence-corrected chi connectivity index (χ1v) is 12.8. The molecular formula is C21H19N5O6S2. The molecule has 1 atom stereocenters. The number of aryl methyl sites for hydroxylation is 1. The van der Waals surface area contributed by atoms with Crippen LogP contribution in [0.25, 0.3) is 0 Å². The second-order valence-electron chi connectivity index (χ2n) is 7.42. The Bertz CT molecular complexity index is 1500. The highest BCUT2D eigenvalue weighted by molar-refractivity contribution is 7.92. The summed E-state index contributed by atoms with van der Waals surface area (Å²) in [6, 6.07) is 11.2. The summed E-state index contributed by atoms with van der Waals surface area (Å²) in [6.07, 6.45) is 1.42. The second kappa shape index (κ2) is 8.50. The Hall–Kier alpha value is -3.84. The van der Waals surface area contributed by atoms with E-state index in [-0.39, 0.29) is 27.0 Å². The predicted octanol–water partition coefficient (Wildman–Crippen LogP) is 1.76. The summed E-state index contributed by atoms with van der Waals surface area (Å²) in [5.41, 5.74) is 0.799. The molecule has 2 aromatic carbocycles. The number of amides is 2. The molecule has 0 radical (unpaired) electrons. The van der Waals surface area contributed by atoms with E-state index < -0.39 is 37.9 Å². The minimum absolute atomic E-state index is 0.00167. The van der Waals surface area contributed by atoms with Crippen LogP contribution in [-0.4, -0.2) is 49.0 Å². The van der Waals surface area contributed by atoms with Crippen molar-refractivity contribution in [3.63, 3.8) is 0 Å². The van der Waals surface area contributed by atoms with Crippen LogP contribution in [0.2, 0.25) is 0 Å². The number of hydrogen-bond acceptors (Lipinski definition) is 8. The van der Waals surface area contributed by atoms with Crippen molar-refractivity contribution in [1.82, 2.24) is 14.3 Å². The Kier molecular flexibility index (Phi) is 5.83. The van der Waals surface area contributed by atoms with E-state index in [9.17, 15) is 26.4 Å². The molecule has 3 aromatic rings. The molecule has 13 heteroatoms. The molecule has 34 heavy (non-hydrogen) atoms. The van der Waals surface area contributed by atoms with Crippen molar-refractivity contribution in [2.75, 3.05) is 10.0 Å². The van der Waals surface area contributed by atoms with Crippen LogP contribution in [0.3, 0.4) is 0 Å². The summed E-state index contributed by atoms with van der Waals surface area (Å²) < 4.78 is 53.4. The molecule has 2 heterocycles. The third-order valence-electron chi connectivity index (χ3n) is 5.04. The lowest BCUT2D eigenvalue weighted by molar-refractivity contribution is -0.118. The number of nitrogens with zero attached hydrogens (tertiary/aromatic N) is 3. The van der Waals surface area contributed by atoms with Gasteiger partial charge in [0.2, 0.25) is 11.9 Å². The first kappa shape index (κ1) is 23.3. The highest BCUT2D eigenvalue weighted by Gasteiger charge is 2.45. The van der Waals surface area contributed by atoms with E-state index in [1.165, 1.54) is 61.7 Å². The molecule has 0 fully saturated rings. The van der Waals surface area contributed by atoms with E-state index in [2.05, 4.69) is 20.0 Å². The van der Waals surface area contributed by atoms with Gasteiger partial charge in [0.15, 0.2) is 0 Å². The molecule has 11 nitrogen and oxygen atoms in total. The van der Waals surface area contributed by atoms with Crippen molar-refractivity contribution in [2.24, 2.45) is 0 Å². The number of carbonyl (C=O) groups is 2. The molecule has 1 aromatic heterocycles. The zero-order valence-corrected chi connectivity index (χ0v) is 19.6. The van der Waals surface area contributed by atoms with Gasteiger partial charge >= 0.3 is 0 Å². The number of fused-ring (bicyclic) bond motifs is 1. The Morgan fingerprint density at radius 1 is 1.06 bits per heavy atom. The van der Waals surface area contributed by atoms with Gasteiger partial charge in [0.05, 0.1) is 10.5 Å². The molecule has 2 N–H and O–H groups in total. The molecule has 0 bridgehead atoms. The highest BCUT2D eigenvalue weighted by Crippen LogP contribution is 2.32. The quantitative estimate of drug-likeness (QED) is 0.518. The molecule has 0 saturated carbocycles. The van der Waals surface area contributed by atoms with Gasteiger partial charge in [-0.25, -0.2) is 35.8 Å². The van der Waals surface area contributed by atoms with Gasteiger partial charge in [-0.15, -0.1) is 0 Å². The maximum atomic E-state index is 12.8. The van der Waals surface area contributed by atoms with Gasteiger partial charge in [-0.1, -0.05) is 12.1 Å². The van der Waals surface area contributed by atoms with Crippen molar-refractivity contribution < 1.29 is 26.4 Å². The lowest BCUT2D eigenvalue weighted by Gasteiger charge is -2.22. The van der Waals surface area contributed by atoms with Gasteiger partial charge in [0, 0.05) is 17.6 Å². The molecule has 0 spiro atoms. The van der Waals surface area contributed by atoms with Crippen molar-refractivity contribution >= 4 is 43.5 Å². The molecule has 4 rings (SSSR count). The van der Waals surface area contributed by atoms with Crippen LogP contribution >= 0.6 is 0 Å². The zero-order chi connectivity index (χ0) is 24.7. The monoisotopic (exact) mass is 501 g/mol. The van der Waals surface area contributed by atoms with E-state index in [1.54, 1.807) is 13.0 Å². The van der Waals surface area contributed by atoms with E-state index in [0.29, 0.717) is 10.00 Å². The fourth-order valence-corrected chi connectivity index (χ4v) is 6.01. The second-order valence-corrected chi connectivity index (χ2v) is 10.9. The van der Waals surface area contributed by atoms with Gasteiger partial charge in [-0.2, -0.15) is 0 Å². The van der Waals surface area contributed by atoms with Gasteiger partial charge in [0.1, 0.15) is 10.9 Å². The predicted molar refractivity (Wildman–Crippen MR) is 122 cm³/mol. The topological polar surface area (TPSA) is 156 Å². The van der Waals surface area contributed by atoms with Crippen LogP contribution < -0.4 is 10.0 Å². The summed E-state index contributed by atoms with van der Waals surface area (Å²) in [7, 11) is -8.15. The number of carbonyl (C=O) groups excluding carboxylic acids is 2. The average molecular weight is 502 g/mol. The molecule has 2 amide bonds. The molecule has 0 saturated heterocycles. The summed E-state index contributed by atoms with van der Waals surface area (Å²) in [5.74, 6) is -1.63. The fraction of sp³-hybridized carbons (Fsp3) is 0.143. The summed E-state index contributed by atoms with van der Waals surface area (Å²) in [4.78, 5) is 32.9. The largest absolute Gasteiger partial charge is 0.324 e. The molecule has 1 aliphatic rings. The molecule has 0 aliphatic carbocycles. The van der Waals surface area contributed by atoms with E-state index in [4.69, 9.17) is 0 Å². The average Bonchev–Trinajstić information content (AvgIpc) is 2.99. The molecule has 176 valence electrons. The molecular weight excluding hydrogens is 482 g/mol. The Morgan fingerprint density at radius 2 is 1.74 bits per heavy atom. The lowest BCUT2D eigenvalue weighted by atomic mass is 10.2. The first-order valence-electron chi connectivity index (χ1n) is 9.92. The van der Waals surface area contributed by atoms with Crippen molar-refractivity contribution in [3.05, 3.63) is 72.1 Å². The van der Waals surface area contributed by atoms with Gasteiger partial charge in [0.25, 0.3) is 26.0 Å². The third-order valence-corrected chi connectivity index (χ3v) is 8.29. The number of aromatic nitrogens is 2. The zero-order valence-electron chi connectivity index (χ0n) is 18.0. The van der Waals surface area contributed by atoms with Crippen LogP contribution in [0.1, 0.15) is 23.0 Å². The van der Waals surface area contributed by atoms with E-state index in [0.717, 1.165) is 0 Å². The van der Waals surface area contributed by atoms with Crippen LogP contribution in [0.15, 0.2) is 70.6 Å². The lowest BCUT2D eigenvalue weighted by Crippen LogP contribution is -2.45. The summed E-state index contributed by atoms with van der Waals surface area (Å²) >= 11 is 0. The van der Waals surface area contributed by atoms with Gasteiger partial charge in [-0.05, 0) is 56.3 Å². The Labute approximate surface area is 196 Å². The minimum Gasteiger partial charge on any atom is -0.324 e. The Morgan fingerprint density at radius 3 is 2.38 bits per heavy atom. The van der Waals surface area contributed by atoms with E-state index >= 15 is 0 Å². The van der Waals surface area contributed by atoms with Crippen LogP contribution in [0, 0.1) is 6.92 Å². The maximum absolute atomic E-state index is 12.8. The van der Waals surface area contributed by atoms with Crippen molar-refractivity contribution in [3.8, 4) is 0 Å².